The highest BCUT2D eigenvalue weighted by molar-refractivity contribution is 6.18. The lowest BCUT2D eigenvalue weighted by molar-refractivity contribution is -0.642. The lowest BCUT2D eigenvalue weighted by Gasteiger charge is -2.17. The molecule has 5 aromatic rings. The predicted molar refractivity (Wildman–Crippen MR) is 129 cm³/mol. The van der Waals surface area contributed by atoms with Crippen molar-refractivity contribution in [2.24, 2.45) is 7.05 Å². The first-order valence-corrected chi connectivity index (χ1v) is 10.6. The van der Waals surface area contributed by atoms with E-state index < -0.39 is 0 Å². The zero-order valence-corrected chi connectivity index (χ0v) is 19.0. The fraction of sp³-hybridized carbons (Fsp3) is 0.185. The monoisotopic (exact) mass is 441 g/mol. The molecule has 1 N–H and O–H groups in total. The summed E-state index contributed by atoms with van der Waals surface area (Å²) in [6, 6.07) is 14.2. The van der Waals surface area contributed by atoms with Gasteiger partial charge in [-0.3, -0.25) is 4.98 Å². The lowest BCUT2D eigenvalue weighted by atomic mass is 9.93. The molecule has 2 heterocycles. The van der Waals surface area contributed by atoms with E-state index in [9.17, 15) is 5.11 Å². The van der Waals surface area contributed by atoms with Gasteiger partial charge >= 0.3 is 0 Å². The number of fused-ring (bicyclic) bond motifs is 5. The molecular formula is C27H25N2O4+. The van der Waals surface area contributed by atoms with E-state index in [1.165, 1.54) is 0 Å². The molecule has 0 radical (unpaired) electrons. The van der Waals surface area contributed by atoms with E-state index in [0.29, 0.717) is 17.2 Å². The zero-order chi connectivity index (χ0) is 23.1. The molecule has 0 aliphatic heterocycles. The molecule has 6 heteroatoms. The normalized spacial score (nSPS) is 11.3. The third-order valence-electron chi connectivity index (χ3n) is 6.20. The maximum atomic E-state index is 9.76. The van der Waals surface area contributed by atoms with Crippen LogP contribution in [0, 0.1) is 0 Å². The highest BCUT2D eigenvalue weighted by Gasteiger charge is 2.23. The average molecular weight is 442 g/mol. The highest BCUT2D eigenvalue weighted by atomic mass is 16.5. The molecule has 166 valence electrons. The fourth-order valence-corrected chi connectivity index (χ4v) is 4.79. The lowest BCUT2D eigenvalue weighted by Crippen LogP contribution is -2.28. The number of aliphatic hydroxyl groups excluding tert-OH is 1. The van der Waals surface area contributed by atoms with Crippen LogP contribution in [0.2, 0.25) is 0 Å². The standard InChI is InChI=1S/C27H25N2O4/c1-29-14-22-18(8-7-17(15-30)26(22)32-3)20-10-9-19-21(25(20)29)12-23(31-2)27(33-4)24(19)16-6-5-11-28-13-16/h5-14,30H,15H2,1-4H3/q+1. The number of aromatic nitrogens is 2. The molecule has 0 spiro atoms. The van der Waals surface area contributed by atoms with E-state index >= 15 is 0 Å². The van der Waals surface area contributed by atoms with Gasteiger partial charge in [0, 0.05) is 39.9 Å². The highest BCUT2D eigenvalue weighted by Crippen LogP contribution is 2.46. The van der Waals surface area contributed by atoms with Crippen LogP contribution in [0.3, 0.4) is 0 Å². The summed E-state index contributed by atoms with van der Waals surface area (Å²) in [6.45, 7) is -0.0793. The van der Waals surface area contributed by atoms with Crippen molar-refractivity contribution < 1.29 is 23.9 Å². The van der Waals surface area contributed by atoms with Gasteiger partial charge in [0.2, 0.25) is 5.52 Å². The van der Waals surface area contributed by atoms with Crippen molar-refractivity contribution in [1.29, 1.82) is 0 Å². The second kappa shape index (κ2) is 8.22. The molecule has 0 saturated heterocycles. The summed E-state index contributed by atoms with van der Waals surface area (Å²) in [7, 11) is 6.96. The Kier molecular flexibility index (Phi) is 5.23. The molecule has 2 aromatic heterocycles. The number of aliphatic hydroxyl groups is 1. The molecule has 3 aromatic carbocycles. The third-order valence-corrected chi connectivity index (χ3v) is 6.20. The summed E-state index contributed by atoms with van der Waals surface area (Å²) in [6.07, 6.45) is 5.64. The van der Waals surface area contributed by atoms with Gasteiger partial charge < -0.3 is 19.3 Å². The summed E-state index contributed by atoms with van der Waals surface area (Å²) >= 11 is 0. The molecule has 0 atom stereocenters. The Morgan fingerprint density at radius 1 is 0.848 bits per heavy atom. The molecule has 33 heavy (non-hydrogen) atoms. The van der Waals surface area contributed by atoms with Gasteiger partial charge in [0.05, 0.1) is 44.1 Å². The maximum absolute atomic E-state index is 9.76. The molecule has 0 aliphatic carbocycles. The molecule has 6 nitrogen and oxygen atoms in total. The van der Waals surface area contributed by atoms with E-state index in [4.69, 9.17) is 14.2 Å². The van der Waals surface area contributed by atoms with Crippen LogP contribution < -0.4 is 18.8 Å². The molecule has 5 rings (SSSR count). The summed E-state index contributed by atoms with van der Waals surface area (Å²) < 4.78 is 19.3. The van der Waals surface area contributed by atoms with Crippen LogP contribution in [0.1, 0.15) is 5.56 Å². The third kappa shape index (κ3) is 3.14. The zero-order valence-electron chi connectivity index (χ0n) is 19.0. The Balaban J connectivity index is 1.97. The van der Waals surface area contributed by atoms with Gasteiger partial charge in [-0.1, -0.05) is 24.3 Å². The van der Waals surface area contributed by atoms with Gasteiger partial charge in [-0.25, -0.2) is 0 Å². The maximum Gasteiger partial charge on any atom is 0.220 e. The molecule has 0 saturated carbocycles. The van der Waals surface area contributed by atoms with E-state index in [1.54, 1.807) is 27.5 Å². The van der Waals surface area contributed by atoms with Crippen molar-refractivity contribution in [2.75, 3.05) is 21.3 Å². The number of pyridine rings is 2. The minimum absolute atomic E-state index is 0.0793. The van der Waals surface area contributed by atoms with Crippen LogP contribution in [0.15, 0.2) is 61.1 Å². The summed E-state index contributed by atoms with van der Waals surface area (Å²) in [5.41, 5.74) is 3.71. The van der Waals surface area contributed by atoms with Crippen molar-refractivity contribution in [3.63, 3.8) is 0 Å². The smallest absolute Gasteiger partial charge is 0.220 e. The second-order valence-corrected chi connectivity index (χ2v) is 7.90. The summed E-state index contributed by atoms with van der Waals surface area (Å²) in [4.78, 5) is 4.32. The first kappa shape index (κ1) is 21.0. The largest absolute Gasteiger partial charge is 0.495 e. The van der Waals surface area contributed by atoms with Crippen molar-refractivity contribution in [3.8, 4) is 28.4 Å². The number of rotatable bonds is 5. The number of hydrogen-bond donors (Lipinski definition) is 1. The van der Waals surface area contributed by atoms with Gasteiger partial charge in [0.1, 0.15) is 12.8 Å². The predicted octanol–water partition coefficient (Wildman–Crippen LogP) is 4.55. The summed E-state index contributed by atoms with van der Waals surface area (Å²) in [5, 5.41) is 14.9. The van der Waals surface area contributed by atoms with E-state index in [1.807, 2.05) is 43.6 Å². The van der Waals surface area contributed by atoms with Crippen molar-refractivity contribution in [3.05, 3.63) is 66.6 Å². The van der Waals surface area contributed by atoms with Crippen LogP contribution in [0.25, 0.3) is 43.6 Å². The number of nitrogens with zero attached hydrogens (tertiary/aromatic N) is 2. The Morgan fingerprint density at radius 2 is 1.61 bits per heavy atom. The molecule has 0 bridgehead atoms. The molecular weight excluding hydrogens is 416 g/mol. The first-order chi connectivity index (χ1) is 16.1. The number of methoxy groups -OCH3 is 3. The minimum Gasteiger partial charge on any atom is -0.495 e. The quantitative estimate of drug-likeness (QED) is 0.320. The minimum atomic E-state index is -0.0793. The SMILES string of the molecule is COc1cc2c(ccc3c4ccc(CO)c(OC)c4c[n+](C)c23)c(-c2cccnc2)c1OC. The topological polar surface area (TPSA) is 64.7 Å². The van der Waals surface area contributed by atoms with Crippen LogP contribution >= 0.6 is 0 Å². The molecule has 0 unspecified atom stereocenters. The molecule has 0 aliphatic rings. The number of ether oxygens (including phenoxy) is 3. The average Bonchev–Trinajstić information content (AvgIpc) is 2.86. The second-order valence-electron chi connectivity index (χ2n) is 7.90. The number of hydrogen-bond acceptors (Lipinski definition) is 5. The van der Waals surface area contributed by atoms with Gasteiger partial charge in [-0.2, -0.15) is 4.57 Å². The fourth-order valence-electron chi connectivity index (χ4n) is 4.79. The van der Waals surface area contributed by atoms with Crippen molar-refractivity contribution in [1.82, 2.24) is 4.98 Å². The van der Waals surface area contributed by atoms with Gasteiger partial charge in [0.15, 0.2) is 17.7 Å². The Labute approximate surface area is 191 Å². The van der Waals surface area contributed by atoms with E-state index in [2.05, 4.69) is 27.9 Å². The Morgan fingerprint density at radius 3 is 2.27 bits per heavy atom. The van der Waals surface area contributed by atoms with Crippen LogP contribution in [-0.4, -0.2) is 31.4 Å². The van der Waals surface area contributed by atoms with Crippen molar-refractivity contribution in [2.45, 2.75) is 6.61 Å². The van der Waals surface area contributed by atoms with Gasteiger partial charge in [-0.05, 0) is 18.2 Å². The van der Waals surface area contributed by atoms with Crippen LogP contribution in [0.5, 0.6) is 17.2 Å². The van der Waals surface area contributed by atoms with E-state index in [0.717, 1.165) is 49.1 Å². The van der Waals surface area contributed by atoms with Crippen molar-refractivity contribution >= 4 is 32.4 Å². The number of aryl methyl sites for hydroxylation is 1. The van der Waals surface area contributed by atoms with E-state index in [-0.39, 0.29) is 6.61 Å². The van der Waals surface area contributed by atoms with Gasteiger partial charge in [-0.15, -0.1) is 0 Å². The van der Waals surface area contributed by atoms with Gasteiger partial charge in [0.25, 0.3) is 0 Å². The van der Waals surface area contributed by atoms with Crippen LogP contribution in [0.4, 0.5) is 0 Å². The van der Waals surface area contributed by atoms with Crippen LogP contribution in [-0.2, 0) is 13.7 Å². The molecule has 0 fully saturated rings. The number of benzene rings is 3. The Hall–Kier alpha value is -3.90. The first-order valence-electron chi connectivity index (χ1n) is 10.6. The molecule has 0 amide bonds. The summed E-state index contributed by atoms with van der Waals surface area (Å²) in [5.74, 6) is 2.02. The Bertz CT molecular complexity index is 1510.